The molecular formula is C26H31FN4O3S. The van der Waals surface area contributed by atoms with E-state index in [1.54, 1.807) is 18.0 Å². The first-order chi connectivity index (χ1) is 16.8. The number of benzene rings is 2. The van der Waals surface area contributed by atoms with Gasteiger partial charge < -0.3 is 4.90 Å². The molecule has 1 N–H and O–H groups in total. The molecule has 1 aromatic heterocycles. The summed E-state index contributed by atoms with van der Waals surface area (Å²) < 4.78 is 40.5. The van der Waals surface area contributed by atoms with Crippen molar-refractivity contribution < 1.29 is 17.6 Å². The summed E-state index contributed by atoms with van der Waals surface area (Å²) in [5.41, 5.74) is 3.11. The summed E-state index contributed by atoms with van der Waals surface area (Å²) in [6, 6.07) is 17.4. The highest BCUT2D eigenvalue weighted by Crippen LogP contribution is 2.24. The Labute approximate surface area is 206 Å². The van der Waals surface area contributed by atoms with Gasteiger partial charge in [0.05, 0.1) is 11.4 Å². The summed E-state index contributed by atoms with van der Waals surface area (Å²) in [7, 11) is -1.60. The van der Waals surface area contributed by atoms with Crippen molar-refractivity contribution >= 4 is 15.9 Å². The Hall–Kier alpha value is -3.04. The van der Waals surface area contributed by atoms with Crippen LogP contribution in [0.3, 0.4) is 0 Å². The lowest BCUT2D eigenvalue weighted by molar-refractivity contribution is -0.135. The predicted octanol–water partition coefficient (Wildman–Crippen LogP) is 3.85. The number of hydrogen-bond acceptors (Lipinski definition) is 4. The van der Waals surface area contributed by atoms with Gasteiger partial charge in [-0.05, 0) is 49.4 Å². The van der Waals surface area contributed by atoms with Crippen molar-refractivity contribution in [1.29, 1.82) is 0 Å². The highest BCUT2D eigenvalue weighted by Gasteiger charge is 2.32. The Morgan fingerprint density at radius 1 is 1.11 bits per heavy atom. The second-order valence-corrected chi connectivity index (χ2v) is 11.0. The summed E-state index contributed by atoms with van der Waals surface area (Å²) in [4.78, 5) is 14.6. The quantitative estimate of drug-likeness (QED) is 0.486. The fraction of sp³-hybridized carbons (Fsp3) is 0.385. The number of halogens is 1. The lowest BCUT2D eigenvalue weighted by Crippen LogP contribution is -2.44. The van der Waals surface area contributed by atoms with E-state index in [4.69, 9.17) is 0 Å². The van der Waals surface area contributed by atoms with Crippen LogP contribution in [0.25, 0.3) is 11.3 Å². The molecule has 0 bridgehead atoms. The molecule has 1 aliphatic rings. The first-order valence-electron chi connectivity index (χ1n) is 11.9. The minimum atomic E-state index is -3.39. The van der Waals surface area contributed by atoms with Crippen LogP contribution in [0, 0.1) is 11.7 Å². The summed E-state index contributed by atoms with van der Waals surface area (Å²) >= 11 is 0. The largest absolute Gasteiger partial charge is 0.346 e. The first kappa shape index (κ1) is 25.1. The highest BCUT2D eigenvalue weighted by atomic mass is 32.2. The molecule has 3 aromatic rings. The van der Waals surface area contributed by atoms with Gasteiger partial charge in [0, 0.05) is 43.9 Å². The van der Waals surface area contributed by atoms with Gasteiger partial charge in [0.1, 0.15) is 5.82 Å². The van der Waals surface area contributed by atoms with Gasteiger partial charge in [-0.1, -0.05) is 42.5 Å². The second kappa shape index (κ2) is 11.1. The number of aromatic nitrogens is 2. The SMILES string of the molecule is CN(CCCc1cc(-c2cccc(F)c2)n[nH]1)C(=O)C1CCN(S(=O)(=O)Cc2ccccc2)CC1. The topological polar surface area (TPSA) is 86.4 Å². The van der Waals surface area contributed by atoms with E-state index in [2.05, 4.69) is 10.2 Å². The van der Waals surface area contributed by atoms with Crippen molar-refractivity contribution in [2.45, 2.75) is 31.4 Å². The zero-order valence-electron chi connectivity index (χ0n) is 19.9. The number of piperidine rings is 1. The molecule has 0 radical (unpaired) electrons. The highest BCUT2D eigenvalue weighted by molar-refractivity contribution is 7.88. The predicted molar refractivity (Wildman–Crippen MR) is 133 cm³/mol. The van der Waals surface area contributed by atoms with E-state index in [1.165, 1.54) is 16.4 Å². The number of aryl methyl sites for hydroxylation is 1. The van der Waals surface area contributed by atoms with Crippen LogP contribution in [0.4, 0.5) is 4.39 Å². The number of sulfonamides is 1. The van der Waals surface area contributed by atoms with E-state index in [0.717, 1.165) is 29.7 Å². The Morgan fingerprint density at radius 3 is 2.57 bits per heavy atom. The molecule has 7 nitrogen and oxygen atoms in total. The number of amides is 1. The molecule has 0 aliphatic carbocycles. The van der Waals surface area contributed by atoms with Crippen molar-refractivity contribution in [2.75, 3.05) is 26.7 Å². The number of nitrogens with one attached hydrogen (secondary N) is 1. The summed E-state index contributed by atoms with van der Waals surface area (Å²) in [5, 5.41) is 7.25. The normalized spacial score (nSPS) is 15.3. The summed E-state index contributed by atoms with van der Waals surface area (Å²) in [6.45, 7) is 1.34. The zero-order chi connectivity index (χ0) is 24.8. The van der Waals surface area contributed by atoms with E-state index in [1.807, 2.05) is 42.5 Å². The van der Waals surface area contributed by atoms with Crippen LogP contribution in [-0.2, 0) is 27.0 Å². The minimum absolute atomic E-state index is 0.0130. The lowest BCUT2D eigenvalue weighted by atomic mass is 9.96. The fourth-order valence-electron chi connectivity index (χ4n) is 4.47. The Bertz CT molecular complexity index is 1240. The summed E-state index contributed by atoms with van der Waals surface area (Å²) in [6.07, 6.45) is 2.55. The van der Waals surface area contributed by atoms with Crippen molar-refractivity contribution in [3.05, 3.63) is 77.7 Å². The molecule has 2 heterocycles. The molecule has 35 heavy (non-hydrogen) atoms. The van der Waals surface area contributed by atoms with E-state index < -0.39 is 10.0 Å². The monoisotopic (exact) mass is 498 g/mol. The van der Waals surface area contributed by atoms with Crippen LogP contribution in [0.15, 0.2) is 60.7 Å². The van der Waals surface area contributed by atoms with Crippen LogP contribution < -0.4 is 0 Å². The average molecular weight is 499 g/mol. The maximum Gasteiger partial charge on any atom is 0.225 e. The fourth-order valence-corrected chi connectivity index (χ4v) is 6.03. The van der Waals surface area contributed by atoms with Gasteiger partial charge in [0.25, 0.3) is 0 Å². The first-order valence-corrected chi connectivity index (χ1v) is 13.5. The standard InChI is InChI=1S/C26H31FN4O3S/c1-30(14-6-11-24-18-25(29-28-24)22-9-5-10-23(27)17-22)26(32)21-12-15-31(16-13-21)35(33,34)19-20-7-3-2-4-8-20/h2-5,7-10,17-18,21H,6,11-16,19H2,1H3,(H,28,29). The molecule has 4 rings (SSSR count). The zero-order valence-corrected chi connectivity index (χ0v) is 20.7. The number of rotatable bonds is 9. The van der Waals surface area contributed by atoms with Crippen LogP contribution in [-0.4, -0.2) is 60.4 Å². The molecule has 0 saturated carbocycles. The van der Waals surface area contributed by atoms with Crippen molar-refractivity contribution in [3.8, 4) is 11.3 Å². The summed E-state index contributed by atoms with van der Waals surface area (Å²) in [5.74, 6) is -0.405. The number of nitrogens with zero attached hydrogens (tertiary/aromatic N) is 3. The van der Waals surface area contributed by atoms with Crippen LogP contribution in [0.2, 0.25) is 0 Å². The molecule has 1 saturated heterocycles. The third-order valence-corrected chi connectivity index (χ3v) is 8.31. The Morgan fingerprint density at radius 2 is 1.86 bits per heavy atom. The molecule has 2 aromatic carbocycles. The molecule has 1 amide bonds. The Kier molecular flexibility index (Phi) is 7.97. The van der Waals surface area contributed by atoms with Crippen molar-refractivity contribution in [2.24, 2.45) is 5.92 Å². The molecule has 1 aliphatic heterocycles. The molecule has 1 fully saturated rings. The molecular weight excluding hydrogens is 467 g/mol. The smallest absolute Gasteiger partial charge is 0.225 e. The minimum Gasteiger partial charge on any atom is -0.346 e. The van der Waals surface area contributed by atoms with Crippen molar-refractivity contribution in [3.63, 3.8) is 0 Å². The van der Waals surface area contributed by atoms with Gasteiger partial charge in [0.15, 0.2) is 0 Å². The van der Waals surface area contributed by atoms with Gasteiger partial charge in [-0.15, -0.1) is 0 Å². The van der Waals surface area contributed by atoms with Gasteiger partial charge in [0.2, 0.25) is 15.9 Å². The second-order valence-electron chi connectivity index (χ2n) is 9.07. The molecule has 0 unspecified atom stereocenters. The van der Waals surface area contributed by atoms with Crippen LogP contribution in [0.1, 0.15) is 30.5 Å². The maximum absolute atomic E-state index is 13.4. The third-order valence-electron chi connectivity index (χ3n) is 6.46. The number of carbonyl (C=O) groups excluding carboxylic acids is 1. The Balaban J connectivity index is 1.22. The average Bonchev–Trinajstić information content (AvgIpc) is 3.33. The number of hydrogen-bond donors (Lipinski definition) is 1. The van der Waals surface area contributed by atoms with Crippen LogP contribution in [0.5, 0.6) is 0 Å². The van der Waals surface area contributed by atoms with Gasteiger partial charge in [-0.2, -0.15) is 5.10 Å². The van der Waals surface area contributed by atoms with Gasteiger partial charge in [-0.3, -0.25) is 9.89 Å². The molecule has 0 spiro atoms. The van der Waals surface area contributed by atoms with E-state index in [9.17, 15) is 17.6 Å². The molecule has 186 valence electrons. The molecule has 9 heteroatoms. The van der Waals surface area contributed by atoms with E-state index in [0.29, 0.717) is 38.2 Å². The third kappa shape index (κ3) is 6.55. The van der Waals surface area contributed by atoms with E-state index >= 15 is 0 Å². The lowest BCUT2D eigenvalue weighted by Gasteiger charge is -2.32. The molecule has 0 atom stereocenters. The van der Waals surface area contributed by atoms with Crippen molar-refractivity contribution in [1.82, 2.24) is 19.4 Å². The number of H-pyrrole nitrogens is 1. The number of aromatic amines is 1. The number of carbonyl (C=O) groups is 1. The van der Waals surface area contributed by atoms with E-state index in [-0.39, 0.29) is 23.4 Å². The van der Waals surface area contributed by atoms with Crippen LogP contribution >= 0.6 is 0 Å². The van der Waals surface area contributed by atoms with Gasteiger partial charge >= 0.3 is 0 Å². The van der Waals surface area contributed by atoms with Gasteiger partial charge in [-0.25, -0.2) is 17.1 Å². The maximum atomic E-state index is 13.4.